The summed E-state index contributed by atoms with van der Waals surface area (Å²) in [4.78, 5) is 30.8. The second-order valence-electron chi connectivity index (χ2n) is 11.1. The van der Waals surface area contributed by atoms with E-state index in [4.69, 9.17) is 0 Å². The van der Waals surface area contributed by atoms with Crippen molar-refractivity contribution in [3.63, 3.8) is 0 Å². The minimum absolute atomic E-state index is 0.00218. The lowest BCUT2D eigenvalue weighted by molar-refractivity contribution is -0.143. The lowest BCUT2D eigenvalue weighted by Gasteiger charge is -2.32. The largest absolute Gasteiger partial charge is 0.480 e. The van der Waals surface area contributed by atoms with Gasteiger partial charge in [-0.3, -0.25) is 19.9 Å². The first-order valence-electron chi connectivity index (χ1n) is 13.1. The molecule has 1 aliphatic heterocycles. The van der Waals surface area contributed by atoms with Crippen LogP contribution in [0.4, 0.5) is 36.4 Å². The first kappa shape index (κ1) is 31.9. The maximum atomic E-state index is 14.0. The molecule has 0 radical (unpaired) electrons. The Morgan fingerprint density at radius 3 is 2.00 bits per heavy atom. The number of aliphatic carboxylic acids is 1. The number of pyridine rings is 1. The number of likely N-dealkylation sites (N-methyl/N-ethyl adjacent to an activating group) is 1. The molecule has 2 N–H and O–H groups in total. The van der Waals surface area contributed by atoms with Crippen molar-refractivity contribution >= 4 is 17.6 Å². The van der Waals surface area contributed by atoms with Crippen LogP contribution in [0.2, 0.25) is 0 Å². The second-order valence-corrected chi connectivity index (χ2v) is 11.1. The third-order valence-corrected chi connectivity index (χ3v) is 7.69. The predicted molar refractivity (Wildman–Crippen MR) is 144 cm³/mol. The van der Waals surface area contributed by atoms with Crippen LogP contribution in [0.5, 0.6) is 0 Å². The van der Waals surface area contributed by atoms with E-state index in [9.17, 15) is 45.4 Å². The van der Waals surface area contributed by atoms with Crippen LogP contribution < -0.4 is 10.2 Å². The Kier molecular flexibility index (Phi) is 8.35. The number of halogens is 7. The Hall–Kier alpha value is -4.00. The normalized spacial score (nSPS) is 17.7. The molecular weight excluding hydrogens is 583 g/mol. The van der Waals surface area contributed by atoms with E-state index in [0.717, 1.165) is 4.90 Å². The van der Waals surface area contributed by atoms with Gasteiger partial charge in [-0.25, -0.2) is 4.39 Å². The monoisotopic (exact) mass is 611 g/mol. The van der Waals surface area contributed by atoms with Crippen molar-refractivity contribution in [3.05, 3.63) is 82.4 Å². The molecule has 1 amide bonds. The summed E-state index contributed by atoms with van der Waals surface area (Å²) in [6.45, 7) is 4.07. The van der Waals surface area contributed by atoms with Gasteiger partial charge in [0.05, 0.1) is 40.2 Å². The number of carboxylic acid groups (broad SMARTS) is 1. The number of carbonyl (C=O) groups excluding carboxylic acids is 1. The minimum Gasteiger partial charge on any atom is -0.480 e. The summed E-state index contributed by atoms with van der Waals surface area (Å²) in [5.41, 5.74) is -3.49. The van der Waals surface area contributed by atoms with Crippen LogP contribution in [-0.4, -0.2) is 35.1 Å². The van der Waals surface area contributed by atoms with Gasteiger partial charge in [0, 0.05) is 12.6 Å². The number of hydrogen-bond donors (Lipinski definition) is 2. The van der Waals surface area contributed by atoms with Gasteiger partial charge in [-0.1, -0.05) is 6.07 Å². The van der Waals surface area contributed by atoms with Gasteiger partial charge >= 0.3 is 18.3 Å². The molecular formula is C30H28F7N3O3. The van der Waals surface area contributed by atoms with Gasteiger partial charge in [0.2, 0.25) is 5.91 Å². The van der Waals surface area contributed by atoms with E-state index in [2.05, 4.69) is 10.3 Å². The average Bonchev–Trinajstić information content (AvgIpc) is 3.42. The third kappa shape index (κ3) is 6.51. The number of hydrogen-bond acceptors (Lipinski definition) is 4. The van der Waals surface area contributed by atoms with Crippen molar-refractivity contribution in [1.82, 2.24) is 10.3 Å². The zero-order valence-electron chi connectivity index (χ0n) is 23.5. The molecule has 0 spiro atoms. The van der Waals surface area contributed by atoms with E-state index in [1.807, 2.05) is 0 Å². The van der Waals surface area contributed by atoms with E-state index < -0.39 is 64.2 Å². The van der Waals surface area contributed by atoms with E-state index in [-0.39, 0.29) is 11.8 Å². The average molecular weight is 612 g/mol. The molecule has 230 valence electrons. The first-order chi connectivity index (χ1) is 19.8. The molecule has 13 heteroatoms. The summed E-state index contributed by atoms with van der Waals surface area (Å²) in [5, 5.41) is 12.3. The fourth-order valence-electron chi connectivity index (χ4n) is 5.21. The molecule has 2 atom stereocenters. The number of aryl methyl sites for hydroxylation is 1. The highest BCUT2D eigenvalue weighted by atomic mass is 19.4. The maximum Gasteiger partial charge on any atom is 0.416 e. The Bertz CT molecular complexity index is 1540. The molecule has 2 aromatic carbocycles. The van der Waals surface area contributed by atoms with E-state index in [1.54, 1.807) is 13.0 Å². The Morgan fingerprint density at radius 2 is 1.49 bits per heavy atom. The van der Waals surface area contributed by atoms with Crippen molar-refractivity contribution in [2.24, 2.45) is 0 Å². The highest BCUT2D eigenvalue weighted by Gasteiger charge is 2.41. The molecule has 0 aliphatic carbocycles. The number of carboxylic acids is 1. The van der Waals surface area contributed by atoms with Crippen molar-refractivity contribution in [1.29, 1.82) is 0 Å². The molecule has 3 aromatic rings. The van der Waals surface area contributed by atoms with Crippen molar-refractivity contribution in [2.45, 2.75) is 63.5 Å². The molecule has 1 saturated heterocycles. The quantitative estimate of drug-likeness (QED) is 0.292. The minimum atomic E-state index is -5.10. The Balaban J connectivity index is 1.81. The maximum absolute atomic E-state index is 14.0. The van der Waals surface area contributed by atoms with E-state index in [1.165, 1.54) is 45.3 Å². The van der Waals surface area contributed by atoms with Gasteiger partial charge in [-0.05, 0) is 86.7 Å². The van der Waals surface area contributed by atoms with Crippen molar-refractivity contribution in [3.8, 4) is 11.1 Å². The van der Waals surface area contributed by atoms with Crippen LogP contribution in [0.15, 0.2) is 48.7 Å². The lowest BCUT2D eigenvalue weighted by atomic mass is 9.81. The highest BCUT2D eigenvalue weighted by Crippen LogP contribution is 2.41. The molecule has 2 heterocycles. The number of rotatable bonds is 6. The summed E-state index contributed by atoms with van der Waals surface area (Å²) in [6, 6.07) is 5.36. The van der Waals surface area contributed by atoms with Crippen LogP contribution in [0.25, 0.3) is 11.1 Å². The standard InChI is InChI=1S/C30H28F7N3O3/c1-15-9-19(31)5-6-20(15)21-13-24(22-7-8-23(39-22)26(41)42)38-14-25(21)40(4)27(43)28(2,3)16-10-17(29(32,33)34)12-18(11-16)30(35,36)37/h5-6,9-14,22-23,39H,7-8H2,1-4H3,(H,41,42)/t22-,23+/m1/s1. The van der Waals surface area contributed by atoms with Crippen LogP contribution in [0.1, 0.15) is 60.7 Å². The molecule has 1 aliphatic rings. The summed E-state index contributed by atoms with van der Waals surface area (Å²) in [5.74, 6) is -2.38. The molecule has 1 fully saturated rings. The SMILES string of the molecule is Cc1cc(F)ccc1-c1cc([C@H]2CC[C@@H](C(=O)O)N2)ncc1N(C)C(=O)C(C)(C)c1cc(C(F)(F)F)cc(C(F)(F)F)c1. The fourth-order valence-corrected chi connectivity index (χ4v) is 5.21. The lowest BCUT2D eigenvalue weighted by Crippen LogP contribution is -2.42. The topological polar surface area (TPSA) is 82.5 Å². The molecule has 0 unspecified atom stereocenters. The first-order valence-corrected chi connectivity index (χ1v) is 13.1. The molecule has 0 bridgehead atoms. The summed E-state index contributed by atoms with van der Waals surface area (Å²) >= 11 is 0. The summed E-state index contributed by atoms with van der Waals surface area (Å²) in [6.07, 6.45) is -8.07. The van der Waals surface area contributed by atoms with Gasteiger partial charge in [0.1, 0.15) is 11.9 Å². The van der Waals surface area contributed by atoms with Gasteiger partial charge < -0.3 is 10.0 Å². The van der Waals surface area contributed by atoms with Crippen LogP contribution in [-0.2, 0) is 27.4 Å². The Labute approximate surface area is 242 Å². The number of carbonyl (C=O) groups is 2. The van der Waals surface area contributed by atoms with E-state index >= 15 is 0 Å². The van der Waals surface area contributed by atoms with Gasteiger partial charge in [0.25, 0.3) is 0 Å². The summed E-state index contributed by atoms with van der Waals surface area (Å²) < 4.78 is 95.3. The van der Waals surface area contributed by atoms with Crippen LogP contribution in [0, 0.1) is 12.7 Å². The molecule has 0 saturated carbocycles. The molecule has 1 aromatic heterocycles. The molecule has 43 heavy (non-hydrogen) atoms. The number of benzene rings is 2. The van der Waals surface area contributed by atoms with Crippen molar-refractivity contribution in [2.75, 3.05) is 11.9 Å². The number of amides is 1. The van der Waals surface area contributed by atoms with Crippen LogP contribution in [0.3, 0.4) is 0 Å². The number of alkyl halides is 6. The second kappa shape index (κ2) is 11.3. The van der Waals surface area contributed by atoms with E-state index in [0.29, 0.717) is 47.4 Å². The fraction of sp³-hybridized carbons (Fsp3) is 0.367. The van der Waals surface area contributed by atoms with Crippen molar-refractivity contribution < 1.29 is 45.4 Å². The van der Waals surface area contributed by atoms with Gasteiger partial charge in [0.15, 0.2) is 0 Å². The van der Waals surface area contributed by atoms with Gasteiger partial charge in [-0.15, -0.1) is 0 Å². The van der Waals surface area contributed by atoms with Gasteiger partial charge in [-0.2, -0.15) is 26.3 Å². The number of anilines is 1. The Morgan fingerprint density at radius 1 is 0.907 bits per heavy atom. The number of aromatic nitrogens is 1. The highest BCUT2D eigenvalue weighted by molar-refractivity contribution is 6.03. The third-order valence-electron chi connectivity index (χ3n) is 7.69. The number of nitrogens with zero attached hydrogens (tertiary/aromatic N) is 2. The number of nitrogens with one attached hydrogen (secondary N) is 1. The zero-order valence-corrected chi connectivity index (χ0v) is 23.5. The zero-order chi connectivity index (χ0) is 32.1. The smallest absolute Gasteiger partial charge is 0.416 e. The van der Waals surface area contributed by atoms with Crippen LogP contribution >= 0.6 is 0 Å². The predicted octanol–water partition coefficient (Wildman–Crippen LogP) is 7.05. The molecule has 6 nitrogen and oxygen atoms in total. The summed E-state index contributed by atoms with van der Waals surface area (Å²) in [7, 11) is 1.32. The molecule has 4 rings (SSSR count).